The van der Waals surface area contributed by atoms with E-state index in [-0.39, 0.29) is 6.10 Å². The topological polar surface area (TPSA) is 103 Å². The lowest BCUT2D eigenvalue weighted by atomic mass is 9.63. The van der Waals surface area contributed by atoms with Crippen molar-refractivity contribution in [2.45, 2.75) is 64.0 Å². The highest BCUT2D eigenvalue weighted by Crippen LogP contribution is 2.45. The van der Waals surface area contributed by atoms with Crippen molar-refractivity contribution >= 4 is 33.4 Å². The van der Waals surface area contributed by atoms with Crippen molar-refractivity contribution in [2.75, 3.05) is 43.5 Å². The third-order valence-electron chi connectivity index (χ3n) is 8.81. The van der Waals surface area contributed by atoms with E-state index in [4.69, 9.17) is 9.72 Å². The molecule has 4 N–H and O–H groups in total. The number of piperidine rings is 1. The average Bonchev–Trinajstić information content (AvgIpc) is 2.92. The first kappa shape index (κ1) is 27.6. The summed E-state index contributed by atoms with van der Waals surface area (Å²) >= 11 is 3.63. The van der Waals surface area contributed by atoms with Gasteiger partial charge in [-0.05, 0) is 115 Å². The monoisotopic (exact) mass is 587 g/mol. The maximum atomic E-state index is 10.4. The fraction of sp³-hybridized carbons (Fsp3) is 0.655. The van der Waals surface area contributed by atoms with Gasteiger partial charge in [0.25, 0.3) is 0 Å². The van der Waals surface area contributed by atoms with Crippen LogP contribution in [0, 0.1) is 23.7 Å². The van der Waals surface area contributed by atoms with Gasteiger partial charge in [-0.25, -0.2) is 4.98 Å². The molecule has 2 saturated carbocycles. The Morgan fingerprint density at radius 3 is 2.42 bits per heavy atom. The highest BCUT2D eigenvalue weighted by atomic mass is 79.9. The van der Waals surface area contributed by atoms with Crippen LogP contribution in [0.1, 0.15) is 51.9 Å². The van der Waals surface area contributed by atoms with Crippen LogP contribution in [0.2, 0.25) is 0 Å². The first-order valence-electron chi connectivity index (χ1n) is 14.3. The Bertz CT molecular complexity index is 1020. The third kappa shape index (κ3) is 6.97. The summed E-state index contributed by atoms with van der Waals surface area (Å²) in [4.78, 5) is 11.7. The average molecular weight is 589 g/mol. The number of hydrogen-bond acceptors (Lipinski definition) is 8. The number of aliphatic hydroxyl groups is 2. The SMILES string of the molecule is CCC1CC2C[C@H](O)CC(C1)[C@H]2Nc1nc(Nc2ccc(OCCN3CCC(CO)CC3)cc2)ncc1Br. The van der Waals surface area contributed by atoms with Gasteiger partial charge in [-0.1, -0.05) is 13.3 Å². The van der Waals surface area contributed by atoms with Crippen molar-refractivity contribution < 1.29 is 14.9 Å². The molecule has 1 aliphatic heterocycles. The lowest BCUT2D eigenvalue weighted by Crippen LogP contribution is -2.49. The van der Waals surface area contributed by atoms with Gasteiger partial charge in [0.05, 0.1) is 10.6 Å². The zero-order chi connectivity index (χ0) is 26.5. The number of benzene rings is 1. The lowest BCUT2D eigenvalue weighted by Gasteiger charge is -2.47. The quantitative estimate of drug-likeness (QED) is 0.306. The largest absolute Gasteiger partial charge is 0.492 e. The number of nitrogens with zero attached hydrogens (tertiary/aromatic N) is 3. The molecule has 1 saturated heterocycles. The number of nitrogens with one attached hydrogen (secondary N) is 2. The molecule has 0 spiro atoms. The maximum Gasteiger partial charge on any atom is 0.229 e. The van der Waals surface area contributed by atoms with Crippen LogP contribution in [0.15, 0.2) is 34.9 Å². The Hall–Kier alpha value is -1.94. The van der Waals surface area contributed by atoms with E-state index in [0.717, 1.165) is 73.0 Å². The summed E-state index contributed by atoms with van der Waals surface area (Å²) in [6.07, 6.45) is 9.05. The fourth-order valence-corrected chi connectivity index (χ4v) is 6.92. The number of likely N-dealkylation sites (tertiary alicyclic amines) is 1. The van der Waals surface area contributed by atoms with E-state index in [1.54, 1.807) is 6.20 Å². The summed E-state index contributed by atoms with van der Waals surface area (Å²) < 4.78 is 6.81. The normalized spacial score (nSPS) is 28.2. The molecule has 8 nitrogen and oxygen atoms in total. The van der Waals surface area contributed by atoms with Crippen molar-refractivity contribution in [3.8, 4) is 5.75 Å². The number of halogens is 1. The van der Waals surface area contributed by atoms with Crippen molar-refractivity contribution in [1.82, 2.24) is 14.9 Å². The minimum atomic E-state index is -0.178. The molecule has 5 rings (SSSR count). The summed E-state index contributed by atoms with van der Waals surface area (Å²) in [7, 11) is 0. The molecule has 2 atom stereocenters. The number of hydrogen-bond donors (Lipinski definition) is 4. The molecule has 1 aromatic carbocycles. The number of fused-ring (bicyclic) bond motifs is 2. The lowest BCUT2D eigenvalue weighted by molar-refractivity contribution is 0.0161. The van der Waals surface area contributed by atoms with Gasteiger partial charge in [-0.2, -0.15) is 4.98 Å². The number of anilines is 3. The molecule has 3 fully saturated rings. The predicted molar refractivity (Wildman–Crippen MR) is 154 cm³/mol. The maximum absolute atomic E-state index is 10.4. The Morgan fingerprint density at radius 2 is 1.76 bits per heavy atom. The molecule has 2 heterocycles. The summed E-state index contributed by atoms with van der Waals surface area (Å²) in [5.74, 6) is 4.36. The van der Waals surface area contributed by atoms with E-state index in [2.05, 4.69) is 43.4 Å². The Balaban J connectivity index is 1.14. The molecule has 9 heteroatoms. The third-order valence-corrected chi connectivity index (χ3v) is 9.39. The van der Waals surface area contributed by atoms with Gasteiger partial charge >= 0.3 is 0 Å². The van der Waals surface area contributed by atoms with Gasteiger partial charge < -0.3 is 25.6 Å². The molecule has 3 aliphatic rings. The van der Waals surface area contributed by atoms with Gasteiger partial charge in [0.1, 0.15) is 18.2 Å². The molecule has 1 aromatic heterocycles. The van der Waals surface area contributed by atoms with E-state index in [1.807, 2.05) is 24.3 Å². The molecule has 2 unspecified atom stereocenters. The smallest absolute Gasteiger partial charge is 0.229 e. The van der Waals surface area contributed by atoms with Crippen LogP contribution in [0.25, 0.3) is 0 Å². The van der Waals surface area contributed by atoms with Gasteiger partial charge in [-0.15, -0.1) is 0 Å². The standard InChI is InChI=1S/C29H42BrN5O3/c1-2-19-13-21-15-24(37)16-22(14-19)27(21)33-28-26(30)17-31-29(34-28)32-23-3-5-25(6-4-23)38-12-11-35-9-7-20(18-36)8-10-35/h3-6,17,19-22,24,27,36-37H,2,7-16,18H2,1H3,(H2,31,32,33,34)/t19?,21?,22?,24-,27-. The molecule has 0 radical (unpaired) electrons. The Kier molecular flexibility index (Phi) is 9.41. The van der Waals surface area contributed by atoms with Crippen molar-refractivity contribution in [1.29, 1.82) is 0 Å². The Morgan fingerprint density at radius 1 is 1.05 bits per heavy atom. The first-order chi connectivity index (χ1) is 18.5. The van der Waals surface area contributed by atoms with Gasteiger partial charge in [-0.3, -0.25) is 4.90 Å². The number of rotatable bonds is 10. The first-order valence-corrected chi connectivity index (χ1v) is 15.1. The summed E-state index contributed by atoms with van der Waals surface area (Å²) in [6, 6.07) is 8.24. The van der Waals surface area contributed by atoms with Crippen LogP contribution < -0.4 is 15.4 Å². The molecule has 0 amide bonds. The zero-order valence-electron chi connectivity index (χ0n) is 22.4. The fourth-order valence-electron chi connectivity index (χ4n) is 6.62. The van der Waals surface area contributed by atoms with Crippen LogP contribution in [-0.4, -0.2) is 70.1 Å². The van der Waals surface area contributed by atoms with E-state index >= 15 is 0 Å². The van der Waals surface area contributed by atoms with Gasteiger partial charge in [0, 0.05) is 31.1 Å². The second kappa shape index (κ2) is 12.9. The molecule has 2 aliphatic carbocycles. The Labute approximate surface area is 234 Å². The zero-order valence-corrected chi connectivity index (χ0v) is 23.9. The second-order valence-corrected chi connectivity index (χ2v) is 12.3. The van der Waals surface area contributed by atoms with Crippen molar-refractivity contribution in [3.05, 3.63) is 34.9 Å². The predicted octanol–water partition coefficient (Wildman–Crippen LogP) is 5.05. The minimum absolute atomic E-state index is 0.178. The minimum Gasteiger partial charge on any atom is -0.492 e. The van der Waals surface area contributed by atoms with Crippen molar-refractivity contribution in [3.63, 3.8) is 0 Å². The van der Waals surface area contributed by atoms with Crippen LogP contribution in [0.5, 0.6) is 5.75 Å². The molecular weight excluding hydrogens is 546 g/mol. The highest BCUT2D eigenvalue weighted by Gasteiger charge is 2.43. The van der Waals surface area contributed by atoms with Gasteiger partial charge in [0.2, 0.25) is 5.95 Å². The molecule has 2 bridgehead atoms. The number of aliphatic hydroxyl groups excluding tert-OH is 2. The molecule has 208 valence electrons. The van der Waals surface area contributed by atoms with Crippen LogP contribution in [0.3, 0.4) is 0 Å². The van der Waals surface area contributed by atoms with Crippen LogP contribution >= 0.6 is 15.9 Å². The van der Waals surface area contributed by atoms with Crippen LogP contribution in [-0.2, 0) is 0 Å². The van der Waals surface area contributed by atoms with E-state index in [1.165, 1.54) is 19.3 Å². The summed E-state index contributed by atoms with van der Waals surface area (Å²) in [6.45, 7) is 6.21. The van der Waals surface area contributed by atoms with Crippen LogP contribution in [0.4, 0.5) is 17.5 Å². The van der Waals surface area contributed by atoms with E-state index in [0.29, 0.717) is 43.0 Å². The van der Waals surface area contributed by atoms with Gasteiger partial charge in [0.15, 0.2) is 0 Å². The van der Waals surface area contributed by atoms with E-state index < -0.39 is 0 Å². The highest BCUT2D eigenvalue weighted by molar-refractivity contribution is 9.10. The molecular formula is C29H42BrN5O3. The molecule has 38 heavy (non-hydrogen) atoms. The second-order valence-electron chi connectivity index (χ2n) is 11.4. The van der Waals surface area contributed by atoms with Crippen molar-refractivity contribution in [2.24, 2.45) is 23.7 Å². The summed E-state index contributed by atoms with van der Waals surface area (Å²) in [5.41, 5.74) is 0.903. The molecule has 2 aromatic rings. The number of aromatic nitrogens is 2. The summed E-state index contributed by atoms with van der Waals surface area (Å²) in [5, 5.41) is 26.7. The number of ether oxygens (including phenoxy) is 1. The van der Waals surface area contributed by atoms with E-state index in [9.17, 15) is 10.2 Å².